The number of benzene rings is 1. The summed E-state index contributed by atoms with van der Waals surface area (Å²) in [6.07, 6.45) is 2.80. The molecule has 1 unspecified atom stereocenters. The molecular weight excluding hydrogens is 212 g/mol. The maximum atomic E-state index is 5.12. The molecule has 0 saturated carbocycles. The molecule has 74 valence electrons. The molecule has 0 amide bonds. The van der Waals surface area contributed by atoms with E-state index in [2.05, 4.69) is 34.6 Å². The average Bonchev–Trinajstić information content (AvgIpc) is 2.26. The summed E-state index contributed by atoms with van der Waals surface area (Å²) in [6, 6.07) is 10.3. The van der Waals surface area contributed by atoms with Crippen LogP contribution in [0.1, 0.15) is 17.9 Å². The molecule has 2 heteroatoms. The van der Waals surface area contributed by atoms with Gasteiger partial charge in [0, 0.05) is 0 Å². The predicted octanol–water partition coefficient (Wildman–Crippen LogP) is 2.67. The molecule has 0 aliphatic heterocycles. The molecule has 0 heterocycles. The zero-order valence-electron chi connectivity index (χ0n) is 8.27. The van der Waals surface area contributed by atoms with E-state index in [1.807, 2.05) is 24.3 Å². The summed E-state index contributed by atoms with van der Waals surface area (Å²) in [6.45, 7) is 3.84. The van der Waals surface area contributed by atoms with E-state index in [4.69, 9.17) is 4.74 Å². The van der Waals surface area contributed by atoms with Crippen molar-refractivity contribution >= 4 is 4.57 Å². The van der Waals surface area contributed by atoms with Crippen LogP contribution >= 0.6 is 0 Å². The summed E-state index contributed by atoms with van der Waals surface area (Å²) in [5, 5.41) is 0. The zero-order valence-corrected chi connectivity index (χ0v) is 9.55. The van der Waals surface area contributed by atoms with Gasteiger partial charge < -0.3 is 0 Å². The fourth-order valence-corrected chi connectivity index (χ4v) is 1.58. The van der Waals surface area contributed by atoms with Crippen LogP contribution < -0.4 is 0 Å². The van der Waals surface area contributed by atoms with Gasteiger partial charge in [0.05, 0.1) is 0 Å². The van der Waals surface area contributed by atoms with Gasteiger partial charge in [0.2, 0.25) is 0 Å². The Morgan fingerprint density at radius 1 is 1.50 bits per heavy atom. The van der Waals surface area contributed by atoms with Crippen molar-refractivity contribution in [1.29, 1.82) is 0 Å². The van der Waals surface area contributed by atoms with Crippen molar-refractivity contribution in [2.24, 2.45) is 0 Å². The van der Waals surface area contributed by atoms with Gasteiger partial charge in [-0.2, -0.15) is 0 Å². The van der Waals surface area contributed by atoms with Crippen LogP contribution in [0.5, 0.6) is 0 Å². The summed E-state index contributed by atoms with van der Waals surface area (Å²) in [4.78, 5) is 0. The normalized spacial score (nSPS) is 12.1. The van der Waals surface area contributed by atoms with Gasteiger partial charge in [-0.3, -0.25) is 0 Å². The van der Waals surface area contributed by atoms with Crippen LogP contribution in [-0.4, -0.2) is 11.7 Å². The van der Waals surface area contributed by atoms with Crippen molar-refractivity contribution in [3.8, 4) is 0 Å². The molecule has 0 radical (unpaired) electrons. The molecule has 14 heavy (non-hydrogen) atoms. The van der Waals surface area contributed by atoms with E-state index in [0.29, 0.717) is 5.92 Å². The Balaban J connectivity index is 2.73. The van der Waals surface area contributed by atoms with Crippen molar-refractivity contribution in [2.75, 3.05) is 7.11 Å². The summed E-state index contributed by atoms with van der Waals surface area (Å²) < 4.78 is 6.03. The monoisotopic (exact) mass is 226 g/mol. The second-order valence-corrected chi connectivity index (χ2v) is 3.74. The molecule has 0 fully saturated rings. The molecule has 1 atom stereocenters. The van der Waals surface area contributed by atoms with Crippen LogP contribution in [0.4, 0.5) is 0 Å². The minimum absolute atomic E-state index is 0.326. The minimum atomic E-state index is 0.326. The van der Waals surface area contributed by atoms with E-state index in [1.54, 1.807) is 7.11 Å². The van der Waals surface area contributed by atoms with Crippen LogP contribution in [0.15, 0.2) is 43.0 Å². The van der Waals surface area contributed by atoms with E-state index in [-0.39, 0.29) is 0 Å². The summed E-state index contributed by atoms with van der Waals surface area (Å²) in [5.74, 6) is 0.326. The Morgan fingerprint density at radius 2 is 2.14 bits per heavy atom. The first kappa shape index (κ1) is 11.4. The second-order valence-electron chi connectivity index (χ2n) is 3.03. The Labute approximate surface area is 93.4 Å². The predicted molar refractivity (Wildman–Crippen MR) is 56.0 cm³/mol. The van der Waals surface area contributed by atoms with E-state index in [1.165, 1.54) is 5.56 Å². The number of methoxy groups -OCH3 is 1. The van der Waals surface area contributed by atoms with Crippen molar-refractivity contribution in [3.05, 3.63) is 48.6 Å². The molecule has 0 aromatic heterocycles. The van der Waals surface area contributed by atoms with Crippen molar-refractivity contribution in [2.45, 2.75) is 12.3 Å². The van der Waals surface area contributed by atoms with Gasteiger partial charge in [-0.1, -0.05) is 0 Å². The third-order valence-electron chi connectivity index (χ3n) is 2.13. The van der Waals surface area contributed by atoms with E-state index in [9.17, 15) is 0 Å². The zero-order chi connectivity index (χ0) is 10.4. The van der Waals surface area contributed by atoms with Crippen molar-refractivity contribution in [1.82, 2.24) is 0 Å². The number of allylic oxidation sites excluding steroid dienone is 1. The number of hydrogen-bond acceptors (Lipinski definition) is 1. The van der Waals surface area contributed by atoms with Gasteiger partial charge in [0.1, 0.15) is 0 Å². The number of rotatable bonds is 5. The molecule has 0 N–H and O–H groups in total. The maximum absolute atomic E-state index is 5.12. The van der Waals surface area contributed by atoms with Crippen LogP contribution in [-0.2, 0) is 20.6 Å². The summed E-state index contributed by atoms with van der Waals surface area (Å²) in [5.41, 5.74) is 1.27. The molecule has 0 bridgehead atoms. The van der Waals surface area contributed by atoms with Gasteiger partial charge in [0.25, 0.3) is 0 Å². The first-order chi connectivity index (χ1) is 6.77. The first-order valence-corrected chi connectivity index (χ1v) is 5.16. The van der Waals surface area contributed by atoms with Crippen LogP contribution in [0, 0.1) is 0 Å². The van der Waals surface area contributed by atoms with Gasteiger partial charge in [0.15, 0.2) is 0 Å². The second kappa shape index (κ2) is 5.93. The Bertz CT molecular complexity index is 305. The number of hydrogen-bond donors (Lipinski definition) is 0. The van der Waals surface area contributed by atoms with E-state index in [0.717, 1.165) is 11.0 Å². The van der Waals surface area contributed by atoms with Gasteiger partial charge >= 0.3 is 93.2 Å². The first-order valence-electron chi connectivity index (χ1n) is 4.52. The van der Waals surface area contributed by atoms with Crippen molar-refractivity contribution < 1.29 is 20.6 Å². The van der Waals surface area contributed by atoms with Crippen LogP contribution in [0.25, 0.3) is 0 Å². The van der Waals surface area contributed by atoms with E-state index >= 15 is 0 Å². The molecule has 1 aromatic rings. The van der Waals surface area contributed by atoms with E-state index < -0.39 is 0 Å². The molecule has 0 saturated heterocycles. The molecular formula is C12H14CrO. The number of ether oxygens (including phenoxy) is 1. The Kier molecular flexibility index (Phi) is 4.83. The SMILES string of the molecule is C=CC(C[C](=[Cr])OC)c1ccccc1. The van der Waals surface area contributed by atoms with Gasteiger partial charge in [-0.05, 0) is 0 Å². The van der Waals surface area contributed by atoms with Crippen LogP contribution in [0.2, 0.25) is 0 Å². The summed E-state index contributed by atoms with van der Waals surface area (Å²) in [7, 11) is 1.68. The fraction of sp³-hybridized carbons (Fsp3) is 0.250. The Morgan fingerprint density at radius 3 is 2.64 bits per heavy atom. The average molecular weight is 226 g/mol. The van der Waals surface area contributed by atoms with Crippen LogP contribution in [0.3, 0.4) is 0 Å². The molecule has 0 aliphatic rings. The molecule has 0 aliphatic carbocycles. The van der Waals surface area contributed by atoms with Gasteiger partial charge in [-0.15, -0.1) is 0 Å². The Hall–Kier alpha value is -0.678. The molecule has 1 rings (SSSR count). The third kappa shape index (κ3) is 3.23. The van der Waals surface area contributed by atoms with Crippen molar-refractivity contribution in [3.63, 3.8) is 0 Å². The molecule has 1 aromatic carbocycles. The summed E-state index contributed by atoms with van der Waals surface area (Å²) >= 11 is 2.91. The third-order valence-corrected chi connectivity index (χ3v) is 2.65. The quantitative estimate of drug-likeness (QED) is 0.701. The molecule has 0 spiro atoms. The topological polar surface area (TPSA) is 9.23 Å². The fourth-order valence-electron chi connectivity index (χ4n) is 1.30. The van der Waals surface area contributed by atoms with Gasteiger partial charge in [-0.25, -0.2) is 0 Å². The standard InChI is InChI=1S/C12H14O.Cr/c1-3-11(9-10-13-2)12-7-5-4-6-8-12;/h3-8,11H,1,9H2,2H3;. The molecule has 1 nitrogen and oxygen atoms in total.